The van der Waals surface area contributed by atoms with Crippen molar-refractivity contribution in [3.8, 4) is 5.75 Å². The monoisotopic (exact) mass is 496 g/mol. The number of ether oxygens (including phenoxy) is 1. The van der Waals surface area contributed by atoms with Crippen molar-refractivity contribution in [2.45, 2.75) is 33.3 Å². The number of hydrogen-bond acceptors (Lipinski definition) is 4. The minimum Gasteiger partial charge on any atom is -0.487 e. The highest BCUT2D eigenvalue weighted by atomic mass is 16.5. The van der Waals surface area contributed by atoms with Gasteiger partial charge in [-0.2, -0.15) is 0 Å². The van der Waals surface area contributed by atoms with Crippen LogP contribution in [0.15, 0.2) is 73.1 Å². The molecule has 0 N–H and O–H groups in total. The Kier molecular flexibility index (Phi) is 6.95. The maximum Gasteiger partial charge on any atom is 0.254 e. The van der Waals surface area contributed by atoms with Crippen molar-refractivity contribution in [3.63, 3.8) is 0 Å². The number of aryl methyl sites for hydroxylation is 1. The largest absolute Gasteiger partial charge is 0.487 e. The second-order valence-electron chi connectivity index (χ2n) is 9.88. The molecule has 1 aliphatic rings. The average Bonchev–Trinajstić information content (AvgIpc) is 3.33. The molecule has 3 heterocycles. The molecule has 0 unspecified atom stereocenters. The lowest BCUT2D eigenvalue weighted by molar-refractivity contribution is 0.0535. The third-order valence-electron chi connectivity index (χ3n) is 6.79. The summed E-state index contributed by atoms with van der Waals surface area (Å²) in [5, 5.41) is 0. The number of carbonyl (C=O) groups excluding carboxylic acids is 2. The van der Waals surface area contributed by atoms with Crippen LogP contribution in [0, 0.1) is 6.92 Å². The van der Waals surface area contributed by atoms with Crippen LogP contribution in [0.5, 0.6) is 5.75 Å². The summed E-state index contributed by atoms with van der Waals surface area (Å²) in [6.07, 6.45) is 3.98. The van der Waals surface area contributed by atoms with Gasteiger partial charge < -0.3 is 18.9 Å². The number of piperazine rings is 1. The molecule has 0 bridgehead atoms. The molecule has 1 fully saturated rings. The number of carbonyl (C=O) groups is 2. The number of pyridine rings is 1. The summed E-state index contributed by atoms with van der Waals surface area (Å²) in [6, 6.07) is 19.1. The summed E-state index contributed by atoms with van der Waals surface area (Å²) < 4.78 is 7.94. The van der Waals surface area contributed by atoms with E-state index in [1.165, 1.54) is 5.56 Å². The van der Waals surface area contributed by atoms with Crippen LogP contribution in [-0.4, -0.2) is 57.2 Å². The normalized spacial score (nSPS) is 13.8. The Balaban J connectivity index is 1.17. The number of hydrogen-bond donors (Lipinski definition) is 0. The second-order valence-corrected chi connectivity index (χ2v) is 9.88. The van der Waals surface area contributed by atoms with Gasteiger partial charge in [-0.1, -0.05) is 38.1 Å². The molecule has 1 aliphatic heterocycles. The standard InChI is InChI=1S/C30H32N4O3/c1-21(2)23-8-10-24(11-9-23)29(35)32-13-15-33(16-14-32)30(36)25-5-4-6-27(17-25)37-20-26-19-34-18-22(3)7-12-28(34)31-26/h4-12,17-19,21H,13-16,20H2,1-3H3. The van der Waals surface area contributed by atoms with Gasteiger partial charge in [0.2, 0.25) is 0 Å². The quantitative estimate of drug-likeness (QED) is 0.379. The van der Waals surface area contributed by atoms with Crippen LogP contribution < -0.4 is 4.74 Å². The van der Waals surface area contributed by atoms with E-state index >= 15 is 0 Å². The van der Waals surface area contributed by atoms with Gasteiger partial charge in [-0.05, 0) is 60.4 Å². The lowest BCUT2D eigenvalue weighted by Crippen LogP contribution is -2.50. The summed E-state index contributed by atoms with van der Waals surface area (Å²) in [6.45, 7) is 8.66. The summed E-state index contributed by atoms with van der Waals surface area (Å²) >= 11 is 0. The van der Waals surface area contributed by atoms with Gasteiger partial charge in [0.15, 0.2) is 0 Å². The van der Waals surface area contributed by atoms with Gasteiger partial charge in [-0.15, -0.1) is 0 Å². The van der Waals surface area contributed by atoms with Gasteiger partial charge in [0.05, 0.1) is 5.69 Å². The van der Waals surface area contributed by atoms with E-state index in [4.69, 9.17) is 4.74 Å². The van der Waals surface area contributed by atoms with E-state index in [0.717, 1.165) is 16.9 Å². The van der Waals surface area contributed by atoms with Crippen molar-refractivity contribution >= 4 is 17.5 Å². The highest BCUT2D eigenvalue weighted by Gasteiger charge is 2.25. The van der Waals surface area contributed by atoms with Gasteiger partial charge in [-0.25, -0.2) is 4.98 Å². The lowest BCUT2D eigenvalue weighted by Gasteiger charge is -2.35. The van der Waals surface area contributed by atoms with E-state index in [2.05, 4.69) is 18.8 Å². The maximum atomic E-state index is 13.2. The van der Waals surface area contributed by atoms with Crippen molar-refractivity contribution in [1.29, 1.82) is 0 Å². The van der Waals surface area contributed by atoms with E-state index in [0.29, 0.717) is 55.6 Å². The number of fused-ring (bicyclic) bond motifs is 1. The van der Waals surface area contributed by atoms with Gasteiger partial charge >= 0.3 is 0 Å². The van der Waals surface area contributed by atoms with Crippen LogP contribution in [0.3, 0.4) is 0 Å². The van der Waals surface area contributed by atoms with Crippen LogP contribution >= 0.6 is 0 Å². The first-order valence-corrected chi connectivity index (χ1v) is 12.7. The van der Waals surface area contributed by atoms with E-state index in [1.807, 2.05) is 77.1 Å². The molecular weight excluding hydrogens is 464 g/mol. The van der Waals surface area contributed by atoms with Gasteiger partial charge in [0.25, 0.3) is 11.8 Å². The molecular formula is C30H32N4O3. The first-order chi connectivity index (χ1) is 17.9. The lowest BCUT2D eigenvalue weighted by atomic mass is 10.0. The minimum atomic E-state index is -0.0537. The van der Waals surface area contributed by atoms with Crippen molar-refractivity contribution in [2.75, 3.05) is 26.2 Å². The van der Waals surface area contributed by atoms with Crippen molar-refractivity contribution in [2.24, 2.45) is 0 Å². The van der Waals surface area contributed by atoms with E-state index in [9.17, 15) is 9.59 Å². The molecule has 0 saturated carbocycles. The first-order valence-electron chi connectivity index (χ1n) is 12.7. The summed E-state index contributed by atoms with van der Waals surface area (Å²) in [4.78, 5) is 34.3. The molecule has 2 amide bonds. The molecule has 4 aromatic rings. The summed E-state index contributed by atoms with van der Waals surface area (Å²) in [7, 11) is 0. The SMILES string of the molecule is Cc1ccc2nc(COc3cccc(C(=O)N4CCN(C(=O)c5ccc(C(C)C)cc5)CC4)c3)cn2c1. The zero-order chi connectivity index (χ0) is 25.9. The Morgan fingerprint density at radius 3 is 2.22 bits per heavy atom. The molecule has 7 nitrogen and oxygen atoms in total. The number of nitrogens with zero attached hydrogens (tertiary/aromatic N) is 4. The Morgan fingerprint density at radius 1 is 0.865 bits per heavy atom. The fourth-order valence-corrected chi connectivity index (χ4v) is 4.59. The van der Waals surface area contributed by atoms with Crippen LogP contribution in [0.1, 0.15) is 57.3 Å². The highest BCUT2D eigenvalue weighted by molar-refractivity contribution is 5.96. The molecule has 0 atom stereocenters. The highest BCUT2D eigenvalue weighted by Crippen LogP contribution is 2.19. The number of benzene rings is 2. The molecule has 2 aromatic heterocycles. The molecule has 5 rings (SSSR count). The number of aromatic nitrogens is 2. The zero-order valence-electron chi connectivity index (χ0n) is 21.6. The second kappa shape index (κ2) is 10.5. The zero-order valence-corrected chi connectivity index (χ0v) is 21.6. The van der Waals surface area contributed by atoms with Crippen LogP contribution in [0.4, 0.5) is 0 Å². The minimum absolute atomic E-state index is 0.0138. The van der Waals surface area contributed by atoms with Crippen molar-refractivity contribution in [1.82, 2.24) is 19.2 Å². The Bertz CT molecular complexity index is 1420. The topological polar surface area (TPSA) is 67.2 Å². The molecule has 0 spiro atoms. The Hall–Kier alpha value is -4.13. The average molecular weight is 497 g/mol. The predicted molar refractivity (Wildman–Crippen MR) is 143 cm³/mol. The van der Waals surface area contributed by atoms with Crippen molar-refractivity contribution in [3.05, 3.63) is 101 Å². The molecule has 7 heteroatoms. The first kappa shape index (κ1) is 24.6. The van der Waals surface area contributed by atoms with Crippen LogP contribution in [0.2, 0.25) is 0 Å². The van der Waals surface area contributed by atoms with Gasteiger partial charge in [-0.3, -0.25) is 9.59 Å². The van der Waals surface area contributed by atoms with Crippen molar-refractivity contribution < 1.29 is 14.3 Å². The fourth-order valence-electron chi connectivity index (χ4n) is 4.59. The fraction of sp³-hybridized carbons (Fsp3) is 0.300. The predicted octanol–water partition coefficient (Wildman–Crippen LogP) is 4.94. The van der Waals surface area contributed by atoms with Crippen LogP contribution in [0.25, 0.3) is 5.65 Å². The smallest absolute Gasteiger partial charge is 0.254 e. The number of imidazole rings is 1. The third kappa shape index (κ3) is 5.50. The van der Waals surface area contributed by atoms with Gasteiger partial charge in [0, 0.05) is 49.7 Å². The third-order valence-corrected chi connectivity index (χ3v) is 6.79. The molecule has 2 aromatic carbocycles. The Labute approximate surface area is 217 Å². The van der Waals surface area contributed by atoms with Gasteiger partial charge in [0.1, 0.15) is 18.0 Å². The number of rotatable bonds is 6. The molecule has 1 saturated heterocycles. The molecule has 0 aliphatic carbocycles. The molecule has 190 valence electrons. The van der Waals surface area contributed by atoms with E-state index in [-0.39, 0.29) is 11.8 Å². The summed E-state index contributed by atoms with van der Waals surface area (Å²) in [5.74, 6) is 1.01. The number of amides is 2. The Morgan fingerprint density at radius 2 is 1.54 bits per heavy atom. The van der Waals surface area contributed by atoms with E-state index in [1.54, 1.807) is 17.0 Å². The molecule has 0 radical (unpaired) electrons. The van der Waals surface area contributed by atoms with E-state index < -0.39 is 0 Å². The summed E-state index contributed by atoms with van der Waals surface area (Å²) in [5.41, 5.74) is 5.34. The molecule has 37 heavy (non-hydrogen) atoms. The van der Waals surface area contributed by atoms with Crippen LogP contribution in [-0.2, 0) is 6.61 Å². The maximum absolute atomic E-state index is 13.2.